The Morgan fingerprint density at radius 1 is 1.10 bits per heavy atom. The lowest BCUT2D eigenvalue weighted by atomic mass is 10.1. The van der Waals surface area contributed by atoms with Crippen LogP contribution in [0, 0.1) is 5.92 Å². The Morgan fingerprint density at radius 3 is 2.58 bits per heavy atom. The third-order valence-electron chi connectivity index (χ3n) is 6.59. The first-order chi connectivity index (χ1) is 15.1. The molecule has 2 aliphatic rings. The number of ether oxygens (including phenoxy) is 1. The lowest BCUT2D eigenvalue weighted by Crippen LogP contribution is -2.50. The number of phenolic OH excluding ortho intramolecular Hbond substituents is 1. The molecule has 2 aromatic heterocycles. The van der Waals surface area contributed by atoms with Gasteiger partial charge in [-0.15, -0.1) is 0 Å². The number of aromatic nitrogens is 2. The Kier molecular flexibility index (Phi) is 5.18. The van der Waals surface area contributed by atoms with Gasteiger partial charge in [0.2, 0.25) is 5.91 Å². The molecule has 1 amide bonds. The fourth-order valence-electron chi connectivity index (χ4n) is 4.77. The van der Waals surface area contributed by atoms with Crippen molar-refractivity contribution in [2.75, 3.05) is 38.2 Å². The number of nitrogens with zero attached hydrogens (tertiary/aromatic N) is 4. The van der Waals surface area contributed by atoms with E-state index in [2.05, 4.69) is 17.0 Å². The highest BCUT2D eigenvalue weighted by Gasteiger charge is 2.29. The number of rotatable bonds is 4. The number of pyridine rings is 1. The Morgan fingerprint density at radius 2 is 1.87 bits per heavy atom. The van der Waals surface area contributed by atoms with Gasteiger partial charge in [-0.25, -0.2) is 4.98 Å². The Balaban J connectivity index is 1.31. The summed E-state index contributed by atoms with van der Waals surface area (Å²) < 4.78 is 7.12. The van der Waals surface area contributed by atoms with Crippen LogP contribution in [-0.2, 0) is 4.79 Å². The second kappa shape index (κ2) is 8.13. The molecular weight excluding hydrogens is 392 g/mol. The zero-order valence-electron chi connectivity index (χ0n) is 17.8. The number of benzene rings is 1. The van der Waals surface area contributed by atoms with Crippen LogP contribution in [0.5, 0.6) is 11.5 Å². The number of carbonyl (C=O) groups is 1. The van der Waals surface area contributed by atoms with Crippen molar-refractivity contribution in [3.05, 3.63) is 42.7 Å². The van der Waals surface area contributed by atoms with Crippen molar-refractivity contribution < 1.29 is 14.6 Å². The van der Waals surface area contributed by atoms with Gasteiger partial charge in [-0.05, 0) is 31.0 Å². The molecule has 0 radical (unpaired) electrons. The largest absolute Gasteiger partial charge is 0.507 e. The van der Waals surface area contributed by atoms with E-state index in [1.807, 2.05) is 33.8 Å². The highest BCUT2D eigenvalue weighted by Crippen LogP contribution is 2.32. The van der Waals surface area contributed by atoms with Crippen molar-refractivity contribution >= 4 is 17.2 Å². The molecule has 1 saturated heterocycles. The van der Waals surface area contributed by atoms with Gasteiger partial charge in [0, 0.05) is 67.9 Å². The number of carbonyl (C=O) groups excluding carboxylic acids is 1. The zero-order chi connectivity index (χ0) is 21.4. The highest BCUT2D eigenvalue weighted by molar-refractivity contribution is 5.79. The van der Waals surface area contributed by atoms with E-state index >= 15 is 0 Å². The monoisotopic (exact) mass is 420 g/mol. The molecule has 5 rings (SSSR count). The molecule has 0 spiro atoms. The average Bonchev–Trinajstić information content (AvgIpc) is 3.48. The summed E-state index contributed by atoms with van der Waals surface area (Å²) in [6.45, 7) is 3.22. The van der Waals surface area contributed by atoms with E-state index in [4.69, 9.17) is 9.72 Å². The van der Waals surface area contributed by atoms with Crippen LogP contribution in [0.4, 0.5) is 5.69 Å². The summed E-state index contributed by atoms with van der Waals surface area (Å²) in [4.78, 5) is 21.8. The van der Waals surface area contributed by atoms with Gasteiger partial charge in [-0.2, -0.15) is 0 Å². The van der Waals surface area contributed by atoms with Crippen molar-refractivity contribution in [1.82, 2.24) is 14.3 Å². The second-order valence-corrected chi connectivity index (χ2v) is 8.45. The third kappa shape index (κ3) is 3.80. The van der Waals surface area contributed by atoms with Crippen molar-refractivity contribution in [1.29, 1.82) is 0 Å². The van der Waals surface area contributed by atoms with Gasteiger partial charge in [0.05, 0.1) is 12.8 Å². The van der Waals surface area contributed by atoms with Crippen molar-refractivity contribution in [3.8, 4) is 22.8 Å². The number of piperazine rings is 1. The number of phenols is 1. The maximum atomic E-state index is 12.7. The summed E-state index contributed by atoms with van der Waals surface area (Å²) in [5, 5.41) is 10.3. The molecule has 2 fully saturated rings. The molecule has 162 valence electrons. The van der Waals surface area contributed by atoms with E-state index in [-0.39, 0.29) is 11.7 Å². The molecule has 3 heterocycles. The number of amides is 1. The molecule has 7 heteroatoms. The predicted octanol–water partition coefficient (Wildman–Crippen LogP) is 3.55. The number of anilines is 1. The van der Waals surface area contributed by atoms with Gasteiger partial charge in [0.25, 0.3) is 0 Å². The van der Waals surface area contributed by atoms with Crippen LogP contribution in [0.1, 0.15) is 25.7 Å². The van der Waals surface area contributed by atoms with Crippen LogP contribution in [-0.4, -0.2) is 58.6 Å². The number of aromatic hydroxyl groups is 1. The minimum Gasteiger partial charge on any atom is -0.507 e. The van der Waals surface area contributed by atoms with Gasteiger partial charge in [-0.1, -0.05) is 12.8 Å². The lowest BCUT2D eigenvalue weighted by Gasteiger charge is -2.37. The molecule has 7 nitrogen and oxygen atoms in total. The van der Waals surface area contributed by atoms with Crippen LogP contribution < -0.4 is 9.64 Å². The van der Waals surface area contributed by atoms with Crippen LogP contribution in [0.15, 0.2) is 42.7 Å². The molecule has 1 aliphatic carbocycles. The Labute approximate surface area is 181 Å². The minimum atomic E-state index is 0.144. The maximum absolute atomic E-state index is 12.7. The summed E-state index contributed by atoms with van der Waals surface area (Å²) in [6.07, 6.45) is 8.41. The van der Waals surface area contributed by atoms with Crippen molar-refractivity contribution in [2.45, 2.75) is 25.7 Å². The van der Waals surface area contributed by atoms with Crippen LogP contribution in [0.3, 0.4) is 0 Å². The first kappa shape index (κ1) is 19.7. The molecule has 31 heavy (non-hydrogen) atoms. The summed E-state index contributed by atoms with van der Waals surface area (Å²) >= 11 is 0. The average molecular weight is 421 g/mol. The summed E-state index contributed by atoms with van der Waals surface area (Å²) in [5.74, 6) is 1.36. The molecule has 0 bridgehead atoms. The van der Waals surface area contributed by atoms with E-state index in [1.54, 1.807) is 13.2 Å². The summed E-state index contributed by atoms with van der Waals surface area (Å²) in [6, 6.07) is 9.38. The van der Waals surface area contributed by atoms with E-state index in [0.717, 1.165) is 50.4 Å². The fourth-order valence-corrected chi connectivity index (χ4v) is 4.77. The smallest absolute Gasteiger partial charge is 0.225 e. The predicted molar refractivity (Wildman–Crippen MR) is 120 cm³/mol. The van der Waals surface area contributed by atoms with Gasteiger partial charge in [0.15, 0.2) is 0 Å². The lowest BCUT2D eigenvalue weighted by molar-refractivity contribution is -0.135. The standard InChI is InChI=1S/C24H28N4O3/c1-31-19-6-7-20(22(29)15-19)21-16-28-9-8-18(14-23(28)25-21)26-10-12-27(13-11-26)24(30)17-4-2-3-5-17/h6-9,14-17,29H,2-5,10-13H2,1H3. The van der Waals surface area contributed by atoms with Crippen LogP contribution in [0.25, 0.3) is 16.9 Å². The normalized spacial score (nSPS) is 17.5. The van der Waals surface area contributed by atoms with Gasteiger partial charge >= 0.3 is 0 Å². The quantitative estimate of drug-likeness (QED) is 0.699. The number of fused-ring (bicyclic) bond motifs is 1. The molecule has 1 N–H and O–H groups in total. The van der Waals surface area contributed by atoms with E-state index in [0.29, 0.717) is 22.9 Å². The topological polar surface area (TPSA) is 70.3 Å². The van der Waals surface area contributed by atoms with Crippen molar-refractivity contribution in [2.24, 2.45) is 5.92 Å². The fraction of sp³-hybridized carbons (Fsp3) is 0.417. The highest BCUT2D eigenvalue weighted by atomic mass is 16.5. The first-order valence-corrected chi connectivity index (χ1v) is 11.0. The molecular formula is C24H28N4O3. The second-order valence-electron chi connectivity index (χ2n) is 8.45. The minimum absolute atomic E-state index is 0.144. The SMILES string of the molecule is COc1ccc(-c2cn3ccc(N4CCN(C(=O)C5CCCC5)CC4)cc3n2)c(O)c1. The summed E-state index contributed by atoms with van der Waals surface area (Å²) in [5.41, 5.74) is 3.32. The molecule has 1 aromatic carbocycles. The molecule has 0 unspecified atom stereocenters. The first-order valence-electron chi connectivity index (χ1n) is 11.0. The van der Waals surface area contributed by atoms with Gasteiger partial charge in [0.1, 0.15) is 17.1 Å². The van der Waals surface area contributed by atoms with Gasteiger partial charge in [-0.3, -0.25) is 4.79 Å². The van der Waals surface area contributed by atoms with Crippen LogP contribution >= 0.6 is 0 Å². The summed E-state index contributed by atoms with van der Waals surface area (Å²) in [7, 11) is 1.57. The Hall–Kier alpha value is -3.22. The number of hydrogen-bond acceptors (Lipinski definition) is 5. The van der Waals surface area contributed by atoms with Crippen molar-refractivity contribution in [3.63, 3.8) is 0 Å². The number of imidazole rings is 1. The van der Waals surface area contributed by atoms with E-state index in [9.17, 15) is 9.90 Å². The molecule has 1 saturated carbocycles. The maximum Gasteiger partial charge on any atom is 0.225 e. The van der Waals surface area contributed by atoms with Gasteiger partial charge < -0.3 is 24.0 Å². The Bertz CT molecular complexity index is 1100. The molecule has 1 aliphatic heterocycles. The van der Waals surface area contributed by atoms with Crippen LogP contribution in [0.2, 0.25) is 0 Å². The zero-order valence-corrected chi connectivity index (χ0v) is 17.8. The number of hydrogen-bond donors (Lipinski definition) is 1. The molecule has 3 aromatic rings. The van der Waals surface area contributed by atoms with E-state index < -0.39 is 0 Å². The third-order valence-corrected chi connectivity index (χ3v) is 6.59. The molecule has 0 atom stereocenters. The van der Waals surface area contributed by atoms with E-state index in [1.165, 1.54) is 12.8 Å². The number of methoxy groups -OCH3 is 1.